The summed E-state index contributed by atoms with van der Waals surface area (Å²) in [5.74, 6) is -0.486. The van der Waals surface area contributed by atoms with E-state index in [1.165, 1.54) is 31.2 Å². The van der Waals surface area contributed by atoms with Crippen LogP contribution in [-0.4, -0.2) is 21.9 Å². The van der Waals surface area contributed by atoms with Crippen LogP contribution in [-0.2, 0) is 19.7 Å². The number of phenols is 1. The summed E-state index contributed by atoms with van der Waals surface area (Å²) in [6, 6.07) is 16.1. The van der Waals surface area contributed by atoms with Crippen molar-refractivity contribution in [1.29, 1.82) is 0 Å². The smallest absolute Gasteiger partial charge is 0.210 e. The van der Waals surface area contributed by atoms with Crippen molar-refractivity contribution < 1.29 is 21.9 Å². The molecule has 0 amide bonds. The van der Waals surface area contributed by atoms with E-state index in [2.05, 4.69) is 0 Å². The maximum atomic E-state index is 12.9. The van der Waals surface area contributed by atoms with Gasteiger partial charge < -0.3 is 5.11 Å². The lowest BCUT2D eigenvalue weighted by Gasteiger charge is -2.13. The zero-order valence-electron chi connectivity index (χ0n) is 14.7. The topological polar surface area (TPSA) is 88.5 Å². The van der Waals surface area contributed by atoms with Gasteiger partial charge in [0, 0.05) is 0 Å². The molecule has 0 aliphatic rings. The molecule has 0 aromatic heterocycles. The van der Waals surface area contributed by atoms with Gasteiger partial charge in [-0.25, -0.2) is 16.8 Å². The van der Waals surface area contributed by atoms with Gasteiger partial charge in [-0.05, 0) is 55.8 Å². The Morgan fingerprint density at radius 1 is 0.667 bits per heavy atom. The van der Waals surface area contributed by atoms with Crippen molar-refractivity contribution in [2.45, 2.75) is 33.4 Å². The summed E-state index contributed by atoms with van der Waals surface area (Å²) < 4.78 is 51.8. The van der Waals surface area contributed by atoms with Crippen LogP contribution in [0.1, 0.15) is 11.1 Å². The highest BCUT2D eigenvalue weighted by atomic mass is 32.2. The molecule has 0 spiro atoms. The Kier molecular flexibility index (Phi) is 4.84. The molecule has 0 fully saturated rings. The van der Waals surface area contributed by atoms with Crippen LogP contribution in [0.2, 0.25) is 0 Å². The Balaban J connectivity index is 2.23. The molecular weight excluding hydrogens is 384 g/mol. The van der Waals surface area contributed by atoms with Gasteiger partial charge in [0.2, 0.25) is 19.7 Å². The Bertz CT molecular complexity index is 1200. The summed E-state index contributed by atoms with van der Waals surface area (Å²) in [5.41, 5.74) is 1.15. The van der Waals surface area contributed by atoms with Crippen molar-refractivity contribution in [3.8, 4) is 5.75 Å². The molecule has 0 aliphatic carbocycles. The predicted octanol–water partition coefficient (Wildman–Crippen LogP) is 3.67. The largest absolute Gasteiger partial charge is 0.507 e. The number of hydrogen-bond acceptors (Lipinski definition) is 5. The van der Waals surface area contributed by atoms with E-state index in [1.807, 2.05) is 6.92 Å². The number of rotatable bonds is 4. The molecule has 0 saturated heterocycles. The zero-order valence-corrected chi connectivity index (χ0v) is 16.4. The minimum Gasteiger partial charge on any atom is -0.507 e. The maximum Gasteiger partial charge on any atom is 0.210 e. The zero-order chi connectivity index (χ0) is 19.8. The Hall–Kier alpha value is -2.64. The third-order valence-corrected chi connectivity index (χ3v) is 7.93. The molecule has 3 aromatic rings. The molecule has 0 saturated carbocycles. The summed E-state index contributed by atoms with van der Waals surface area (Å²) in [6.45, 7) is 3.34. The number of benzene rings is 3. The molecule has 27 heavy (non-hydrogen) atoms. The normalized spacial score (nSPS) is 12.1. The van der Waals surface area contributed by atoms with Crippen molar-refractivity contribution in [1.82, 2.24) is 0 Å². The van der Waals surface area contributed by atoms with Crippen LogP contribution in [0.15, 0.2) is 86.3 Å². The predicted molar refractivity (Wildman–Crippen MR) is 101 cm³/mol. The lowest BCUT2D eigenvalue weighted by atomic mass is 10.2. The first-order valence-corrected chi connectivity index (χ1v) is 11.1. The van der Waals surface area contributed by atoms with Gasteiger partial charge in [-0.3, -0.25) is 0 Å². The standard InChI is InChI=1S/C20H18O5S2/c1-14-8-10-17(11-9-14)27(24,25)20-13-19(15(2)12-18(20)21)26(22,23)16-6-4-3-5-7-16/h3-13,21H,1-2H3. The Labute approximate surface area is 158 Å². The van der Waals surface area contributed by atoms with E-state index >= 15 is 0 Å². The highest BCUT2D eigenvalue weighted by molar-refractivity contribution is 7.92. The number of sulfone groups is 2. The average Bonchev–Trinajstić information content (AvgIpc) is 2.62. The second kappa shape index (κ2) is 6.83. The summed E-state index contributed by atoms with van der Waals surface area (Å²) in [4.78, 5) is -0.559. The monoisotopic (exact) mass is 402 g/mol. The van der Waals surface area contributed by atoms with Crippen LogP contribution >= 0.6 is 0 Å². The highest BCUT2D eigenvalue weighted by Gasteiger charge is 2.27. The molecule has 3 aromatic carbocycles. The van der Waals surface area contributed by atoms with Gasteiger partial charge in [0.15, 0.2) is 0 Å². The van der Waals surface area contributed by atoms with Gasteiger partial charge in [-0.2, -0.15) is 0 Å². The first kappa shape index (κ1) is 19.1. The summed E-state index contributed by atoms with van der Waals surface area (Å²) in [7, 11) is -8.02. The van der Waals surface area contributed by atoms with E-state index in [-0.39, 0.29) is 20.2 Å². The summed E-state index contributed by atoms with van der Waals surface area (Å²) in [5, 5.41) is 10.2. The van der Waals surface area contributed by atoms with E-state index in [4.69, 9.17) is 0 Å². The SMILES string of the molecule is Cc1ccc(S(=O)(=O)c2cc(S(=O)(=O)c3ccccc3)c(C)cc2O)cc1. The third kappa shape index (κ3) is 3.48. The first-order chi connectivity index (χ1) is 12.6. The van der Waals surface area contributed by atoms with Gasteiger partial charge in [-0.15, -0.1) is 0 Å². The van der Waals surface area contributed by atoms with E-state index in [9.17, 15) is 21.9 Å². The summed E-state index contributed by atoms with van der Waals surface area (Å²) in [6.07, 6.45) is 0. The van der Waals surface area contributed by atoms with Crippen LogP contribution in [0, 0.1) is 13.8 Å². The Morgan fingerprint density at radius 2 is 1.19 bits per heavy atom. The second-order valence-corrected chi connectivity index (χ2v) is 10.1. The molecule has 0 atom stereocenters. The molecule has 0 unspecified atom stereocenters. The third-order valence-electron chi connectivity index (χ3n) is 4.22. The van der Waals surface area contributed by atoms with Crippen molar-refractivity contribution >= 4 is 19.7 Å². The molecule has 3 rings (SSSR count). The van der Waals surface area contributed by atoms with Gasteiger partial charge in [0.25, 0.3) is 0 Å². The van der Waals surface area contributed by atoms with E-state index in [0.29, 0.717) is 0 Å². The van der Waals surface area contributed by atoms with E-state index in [1.54, 1.807) is 30.3 Å². The van der Waals surface area contributed by atoms with Crippen LogP contribution in [0.5, 0.6) is 5.75 Å². The fraction of sp³-hybridized carbons (Fsp3) is 0.100. The van der Waals surface area contributed by atoms with Crippen molar-refractivity contribution in [3.05, 3.63) is 77.9 Å². The molecule has 0 heterocycles. The van der Waals surface area contributed by atoms with Crippen molar-refractivity contribution in [2.24, 2.45) is 0 Å². The first-order valence-electron chi connectivity index (χ1n) is 8.09. The lowest BCUT2D eigenvalue weighted by molar-refractivity contribution is 0.457. The quantitative estimate of drug-likeness (QED) is 0.719. The molecule has 0 aliphatic heterocycles. The fourth-order valence-electron chi connectivity index (χ4n) is 2.73. The maximum absolute atomic E-state index is 12.9. The minimum absolute atomic E-state index is 0.0182. The summed E-state index contributed by atoms with van der Waals surface area (Å²) >= 11 is 0. The van der Waals surface area contributed by atoms with Gasteiger partial charge in [-0.1, -0.05) is 35.9 Å². The second-order valence-electron chi connectivity index (χ2n) is 6.22. The van der Waals surface area contributed by atoms with Crippen molar-refractivity contribution in [2.75, 3.05) is 0 Å². The molecule has 0 bridgehead atoms. The Morgan fingerprint density at radius 3 is 1.78 bits per heavy atom. The number of aromatic hydroxyl groups is 1. The molecule has 5 nitrogen and oxygen atoms in total. The lowest BCUT2D eigenvalue weighted by Crippen LogP contribution is -2.08. The van der Waals surface area contributed by atoms with E-state index in [0.717, 1.165) is 17.7 Å². The van der Waals surface area contributed by atoms with Crippen LogP contribution < -0.4 is 0 Å². The fourth-order valence-corrected chi connectivity index (χ4v) is 5.69. The van der Waals surface area contributed by atoms with Gasteiger partial charge >= 0.3 is 0 Å². The van der Waals surface area contributed by atoms with Gasteiger partial charge in [0.05, 0.1) is 14.7 Å². The van der Waals surface area contributed by atoms with Gasteiger partial charge in [0.1, 0.15) is 10.6 Å². The molecule has 0 radical (unpaired) electrons. The van der Waals surface area contributed by atoms with Crippen molar-refractivity contribution in [3.63, 3.8) is 0 Å². The average molecular weight is 402 g/mol. The number of hydrogen-bond donors (Lipinski definition) is 1. The van der Waals surface area contributed by atoms with Crippen LogP contribution in [0.3, 0.4) is 0 Å². The molecular formula is C20H18O5S2. The number of aryl methyl sites for hydroxylation is 2. The molecule has 140 valence electrons. The minimum atomic E-state index is -4.08. The van der Waals surface area contributed by atoms with Crippen LogP contribution in [0.25, 0.3) is 0 Å². The highest BCUT2D eigenvalue weighted by Crippen LogP contribution is 2.35. The number of phenolic OH excluding ortho intramolecular Hbond substituents is 1. The molecule has 7 heteroatoms. The van der Waals surface area contributed by atoms with E-state index < -0.39 is 30.3 Å². The molecule has 1 N–H and O–H groups in total. The van der Waals surface area contributed by atoms with Crippen LogP contribution in [0.4, 0.5) is 0 Å².